The quantitative estimate of drug-likeness (QED) is 0.0208. The molecule has 2 aliphatic heterocycles. The summed E-state index contributed by atoms with van der Waals surface area (Å²) in [5.41, 5.74) is 0. The standard InChI is InChI=1S/C50H84O14/c1-3-5-7-9-11-12-13-14-15-16-17-18-19-20-21-22-23-24-25-26-27-29-31-33-42(52)62-39(36-59-34-32-30-28-10-8-6-4-2)37-60-49-48(58)46(56)44(54)41(64-49)38-61-50-47(57)45(55)43(53)40(35-51)63-50/h5,7,11-12,14-15,17-18,20-21,23-24,39-41,43-51,53-58H,3-4,6,8-10,13,16,19,22,25-38H2,1-2H3/b7-5-,12-11-,15-14-,18-17-,21-20-,24-23-. The van der Waals surface area contributed by atoms with Crippen molar-refractivity contribution >= 4 is 5.97 Å². The van der Waals surface area contributed by atoms with Crippen LogP contribution in [0.1, 0.15) is 136 Å². The van der Waals surface area contributed by atoms with E-state index in [2.05, 4.69) is 86.8 Å². The maximum Gasteiger partial charge on any atom is 0.306 e. The lowest BCUT2D eigenvalue weighted by Crippen LogP contribution is -2.61. The fraction of sp³-hybridized carbons (Fsp3) is 0.740. The average molecular weight is 909 g/mol. The molecule has 64 heavy (non-hydrogen) atoms. The van der Waals surface area contributed by atoms with E-state index < -0.39 is 86.7 Å². The van der Waals surface area contributed by atoms with Gasteiger partial charge in [0.05, 0.1) is 26.4 Å². The lowest BCUT2D eigenvalue weighted by molar-refractivity contribution is -0.332. The van der Waals surface area contributed by atoms with Crippen LogP contribution in [0, 0.1) is 0 Å². The molecule has 0 amide bonds. The van der Waals surface area contributed by atoms with Crippen LogP contribution in [0.25, 0.3) is 0 Å². The van der Waals surface area contributed by atoms with E-state index in [1.165, 1.54) is 25.7 Å². The molecule has 0 spiro atoms. The average Bonchev–Trinajstić information content (AvgIpc) is 3.29. The number of allylic oxidation sites excluding steroid dienone is 12. The molecule has 2 rings (SSSR count). The van der Waals surface area contributed by atoms with E-state index in [0.29, 0.717) is 13.0 Å². The number of carbonyl (C=O) groups is 1. The molecule has 2 fully saturated rings. The second-order valence-corrected chi connectivity index (χ2v) is 16.6. The number of carbonyl (C=O) groups excluding carboxylic acids is 1. The Kier molecular flexibility index (Phi) is 33.7. The van der Waals surface area contributed by atoms with Crippen LogP contribution >= 0.6 is 0 Å². The van der Waals surface area contributed by atoms with E-state index >= 15 is 0 Å². The topological polar surface area (TPSA) is 214 Å². The second kappa shape index (κ2) is 37.5. The molecule has 11 unspecified atom stereocenters. The summed E-state index contributed by atoms with van der Waals surface area (Å²) < 4.78 is 34.0. The van der Waals surface area contributed by atoms with E-state index in [1.54, 1.807) is 0 Å². The number of aliphatic hydroxyl groups is 7. The van der Waals surface area contributed by atoms with Crippen molar-refractivity contribution in [3.63, 3.8) is 0 Å². The summed E-state index contributed by atoms with van der Waals surface area (Å²) in [5.74, 6) is -0.406. The van der Waals surface area contributed by atoms with Gasteiger partial charge in [0.1, 0.15) is 54.9 Å². The molecule has 0 aliphatic carbocycles. The molecular formula is C50H84O14. The molecule has 14 nitrogen and oxygen atoms in total. The summed E-state index contributed by atoms with van der Waals surface area (Å²) in [6.07, 6.45) is 28.5. The third kappa shape index (κ3) is 25.4. The predicted octanol–water partition coefficient (Wildman–Crippen LogP) is 6.34. The first-order chi connectivity index (χ1) is 31.1. The summed E-state index contributed by atoms with van der Waals surface area (Å²) in [4.78, 5) is 12.9. The highest BCUT2D eigenvalue weighted by Gasteiger charge is 2.47. The van der Waals surface area contributed by atoms with E-state index in [-0.39, 0.29) is 19.6 Å². The van der Waals surface area contributed by atoms with Crippen molar-refractivity contribution in [3.05, 3.63) is 72.9 Å². The summed E-state index contributed by atoms with van der Waals surface area (Å²) in [6.45, 7) is 3.46. The number of hydrogen-bond donors (Lipinski definition) is 7. The van der Waals surface area contributed by atoms with Gasteiger partial charge in [-0.1, -0.05) is 138 Å². The van der Waals surface area contributed by atoms with Crippen LogP contribution in [0.4, 0.5) is 0 Å². The normalized spacial score (nSPS) is 27.4. The molecule has 2 heterocycles. The third-order valence-electron chi connectivity index (χ3n) is 11.0. The fourth-order valence-electron chi connectivity index (χ4n) is 7.05. The smallest absolute Gasteiger partial charge is 0.306 e. The van der Waals surface area contributed by atoms with Crippen LogP contribution in [-0.2, 0) is 33.2 Å². The van der Waals surface area contributed by atoms with E-state index in [1.807, 2.05) is 0 Å². The van der Waals surface area contributed by atoms with Crippen LogP contribution in [0.2, 0.25) is 0 Å². The molecule has 2 aliphatic rings. The van der Waals surface area contributed by atoms with Gasteiger partial charge in [0, 0.05) is 13.0 Å². The highest BCUT2D eigenvalue weighted by atomic mass is 16.7. The molecule has 0 aromatic rings. The number of hydrogen-bond acceptors (Lipinski definition) is 14. The molecule has 0 aromatic heterocycles. The van der Waals surface area contributed by atoms with Crippen LogP contribution in [-0.4, -0.2) is 142 Å². The van der Waals surface area contributed by atoms with E-state index in [9.17, 15) is 40.5 Å². The van der Waals surface area contributed by atoms with E-state index in [4.69, 9.17) is 28.4 Å². The highest BCUT2D eigenvalue weighted by molar-refractivity contribution is 5.69. The maximum absolute atomic E-state index is 12.9. The van der Waals surface area contributed by atoms with Gasteiger partial charge in [-0.05, 0) is 64.2 Å². The fourth-order valence-corrected chi connectivity index (χ4v) is 7.05. The lowest BCUT2D eigenvalue weighted by atomic mass is 9.98. The third-order valence-corrected chi connectivity index (χ3v) is 11.0. The summed E-state index contributed by atoms with van der Waals surface area (Å²) in [6, 6.07) is 0. The first kappa shape index (κ1) is 57.6. The minimum absolute atomic E-state index is 0.0468. The first-order valence-corrected chi connectivity index (χ1v) is 24.0. The van der Waals surface area contributed by atoms with Crippen molar-refractivity contribution in [3.8, 4) is 0 Å². The van der Waals surface area contributed by atoms with Gasteiger partial charge < -0.3 is 64.2 Å². The van der Waals surface area contributed by atoms with Crippen LogP contribution < -0.4 is 0 Å². The molecular weight excluding hydrogens is 825 g/mol. The number of rotatable bonds is 36. The van der Waals surface area contributed by atoms with Gasteiger partial charge in [-0.2, -0.15) is 0 Å². The molecule has 0 radical (unpaired) electrons. The van der Waals surface area contributed by atoms with E-state index in [0.717, 1.165) is 83.5 Å². The van der Waals surface area contributed by atoms with Crippen molar-refractivity contribution in [2.75, 3.05) is 33.0 Å². The number of esters is 1. The van der Waals surface area contributed by atoms with Gasteiger partial charge in [-0.25, -0.2) is 0 Å². The highest BCUT2D eigenvalue weighted by Crippen LogP contribution is 2.26. The Bertz CT molecular complexity index is 1330. The molecule has 11 atom stereocenters. The zero-order valence-electron chi connectivity index (χ0n) is 38.7. The van der Waals surface area contributed by atoms with Gasteiger partial charge in [-0.3, -0.25) is 4.79 Å². The molecule has 0 saturated carbocycles. The van der Waals surface area contributed by atoms with Gasteiger partial charge in [0.2, 0.25) is 0 Å². The Morgan fingerprint density at radius 2 is 1.02 bits per heavy atom. The summed E-state index contributed by atoms with van der Waals surface area (Å²) in [5, 5.41) is 71.8. The van der Waals surface area contributed by atoms with Crippen LogP contribution in [0.5, 0.6) is 0 Å². The second-order valence-electron chi connectivity index (χ2n) is 16.6. The van der Waals surface area contributed by atoms with Gasteiger partial charge >= 0.3 is 5.97 Å². The Hall–Kier alpha value is -2.57. The van der Waals surface area contributed by atoms with Gasteiger partial charge in [0.25, 0.3) is 0 Å². The molecule has 0 aromatic carbocycles. The number of aliphatic hydroxyl groups excluding tert-OH is 7. The largest absolute Gasteiger partial charge is 0.457 e. The Morgan fingerprint density at radius 1 is 0.531 bits per heavy atom. The van der Waals surface area contributed by atoms with Gasteiger partial charge in [-0.15, -0.1) is 0 Å². The zero-order chi connectivity index (χ0) is 46.6. The Labute approximate surface area is 383 Å². The number of ether oxygens (including phenoxy) is 6. The molecule has 2 saturated heterocycles. The van der Waals surface area contributed by atoms with Crippen molar-refractivity contribution in [2.45, 2.75) is 203 Å². The minimum Gasteiger partial charge on any atom is -0.457 e. The lowest BCUT2D eigenvalue weighted by Gasteiger charge is -2.42. The van der Waals surface area contributed by atoms with Crippen molar-refractivity contribution in [1.29, 1.82) is 0 Å². The van der Waals surface area contributed by atoms with Crippen LogP contribution in [0.15, 0.2) is 72.9 Å². The van der Waals surface area contributed by atoms with Crippen molar-refractivity contribution in [2.24, 2.45) is 0 Å². The maximum atomic E-state index is 12.9. The first-order valence-electron chi connectivity index (χ1n) is 24.0. The molecule has 368 valence electrons. The van der Waals surface area contributed by atoms with Crippen molar-refractivity contribution < 1.29 is 69.0 Å². The molecule has 0 bridgehead atoms. The Morgan fingerprint density at radius 3 is 1.59 bits per heavy atom. The molecule has 7 N–H and O–H groups in total. The zero-order valence-corrected chi connectivity index (χ0v) is 38.7. The number of unbranched alkanes of at least 4 members (excludes halogenated alkanes) is 10. The molecule has 14 heteroatoms. The van der Waals surface area contributed by atoms with Gasteiger partial charge in [0.15, 0.2) is 12.6 Å². The SMILES string of the molecule is CC/C=C\C/C=C\C/C=C\C/C=C\C/C=C\C/C=C\CCCCCCC(=O)OC(COCCCCCCCCC)COC1OC(COC2OC(CO)C(O)C(O)C2O)C(O)C(O)C1O. The monoisotopic (exact) mass is 909 g/mol. The predicted molar refractivity (Wildman–Crippen MR) is 247 cm³/mol. The summed E-state index contributed by atoms with van der Waals surface area (Å²) >= 11 is 0. The Balaban J connectivity index is 1.74. The summed E-state index contributed by atoms with van der Waals surface area (Å²) in [7, 11) is 0. The van der Waals surface area contributed by atoms with Crippen molar-refractivity contribution in [1.82, 2.24) is 0 Å². The minimum atomic E-state index is -1.71. The van der Waals surface area contributed by atoms with Crippen LogP contribution in [0.3, 0.4) is 0 Å².